The topological polar surface area (TPSA) is 12.9 Å². The van der Waals surface area contributed by atoms with E-state index in [0.29, 0.717) is 0 Å². The lowest BCUT2D eigenvalue weighted by molar-refractivity contribution is 1.40. The molecule has 2 aromatic carbocycles. The molecule has 1 heteroatoms. The fraction of sp³-hybridized carbons (Fsp3) is 0. The molecule has 0 amide bonds. The molecule has 0 bridgehead atoms. The molecule has 75 valence electrons. The average molecular weight is 204 g/mol. The van der Waals surface area contributed by atoms with Gasteiger partial charge in [0.15, 0.2) is 0 Å². The van der Waals surface area contributed by atoms with Gasteiger partial charge in [-0.2, -0.15) is 0 Å². The van der Waals surface area contributed by atoms with Gasteiger partial charge in [-0.15, -0.1) is 0 Å². The first-order valence-electron chi connectivity index (χ1n) is 5.26. The van der Waals surface area contributed by atoms with Crippen LogP contribution < -0.4 is 0 Å². The Morgan fingerprint density at radius 2 is 1.56 bits per heavy atom. The highest BCUT2D eigenvalue weighted by molar-refractivity contribution is 5.80. The minimum Gasteiger partial charge on any atom is -0.248 e. The number of nitrogens with zero attached hydrogens (tertiary/aromatic N) is 1. The molecule has 0 saturated carbocycles. The fourth-order valence-electron chi connectivity index (χ4n) is 1.76. The molecule has 0 fully saturated rings. The average Bonchev–Trinajstić information content (AvgIpc) is 2.39. The molecule has 16 heavy (non-hydrogen) atoms. The molecule has 0 aliphatic rings. The quantitative estimate of drug-likeness (QED) is 0.589. The summed E-state index contributed by atoms with van der Waals surface area (Å²) < 4.78 is 0. The summed E-state index contributed by atoms with van der Waals surface area (Å²) in [5.74, 6) is 0. The van der Waals surface area contributed by atoms with Gasteiger partial charge in [-0.3, -0.25) is 0 Å². The van der Waals surface area contributed by atoms with Gasteiger partial charge in [-0.25, -0.2) is 4.98 Å². The molecule has 3 rings (SSSR count). The third kappa shape index (κ3) is 1.57. The van der Waals surface area contributed by atoms with E-state index in [-0.39, 0.29) is 0 Å². The number of rotatable bonds is 1. The summed E-state index contributed by atoms with van der Waals surface area (Å²) in [5, 5.41) is 1.06. The van der Waals surface area contributed by atoms with Crippen molar-refractivity contribution in [2.45, 2.75) is 0 Å². The summed E-state index contributed by atoms with van der Waals surface area (Å²) in [4.78, 5) is 4.61. The molecule has 0 N–H and O–H groups in total. The third-order valence-electron chi connectivity index (χ3n) is 2.58. The minimum atomic E-state index is 0.972. The summed E-state index contributed by atoms with van der Waals surface area (Å²) in [6.07, 6.45) is 0. The van der Waals surface area contributed by atoms with Crippen LogP contribution in [0.1, 0.15) is 0 Å². The van der Waals surface area contributed by atoms with Gasteiger partial charge in [-0.1, -0.05) is 48.5 Å². The number of pyridine rings is 1. The lowest BCUT2D eigenvalue weighted by atomic mass is 10.1. The van der Waals surface area contributed by atoms with Crippen molar-refractivity contribution in [2.24, 2.45) is 0 Å². The van der Waals surface area contributed by atoms with E-state index in [2.05, 4.69) is 23.2 Å². The SMILES string of the molecule is [c]1cc(-c2ccccc2)nc2ccccc12. The van der Waals surface area contributed by atoms with E-state index in [0.717, 1.165) is 22.2 Å². The van der Waals surface area contributed by atoms with Crippen molar-refractivity contribution in [1.29, 1.82) is 0 Å². The normalized spacial score (nSPS) is 10.5. The zero-order valence-electron chi connectivity index (χ0n) is 8.72. The van der Waals surface area contributed by atoms with Crippen LogP contribution in [0.3, 0.4) is 0 Å². The summed E-state index contributed by atoms with van der Waals surface area (Å²) in [7, 11) is 0. The summed E-state index contributed by atoms with van der Waals surface area (Å²) in [6, 6.07) is 23.4. The van der Waals surface area contributed by atoms with Crippen LogP contribution in [0.25, 0.3) is 22.2 Å². The number of aromatic nitrogens is 1. The zero-order valence-corrected chi connectivity index (χ0v) is 8.72. The second-order valence-electron chi connectivity index (χ2n) is 3.67. The Kier molecular flexibility index (Phi) is 2.15. The van der Waals surface area contributed by atoms with Gasteiger partial charge in [0.05, 0.1) is 11.2 Å². The largest absolute Gasteiger partial charge is 0.248 e. The van der Waals surface area contributed by atoms with E-state index in [4.69, 9.17) is 0 Å². The Bertz CT molecular complexity index is 614. The predicted molar refractivity (Wildman–Crippen MR) is 66.0 cm³/mol. The first kappa shape index (κ1) is 9.10. The summed E-state index contributed by atoms with van der Waals surface area (Å²) in [6.45, 7) is 0. The molecule has 1 aromatic heterocycles. The van der Waals surface area contributed by atoms with Gasteiger partial charge in [0.2, 0.25) is 0 Å². The molecule has 0 spiro atoms. The number of hydrogen-bond acceptors (Lipinski definition) is 1. The van der Waals surface area contributed by atoms with E-state index in [1.165, 1.54) is 0 Å². The van der Waals surface area contributed by atoms with Crippen LogP contribution in [0.2, 0.25) is 0 Å². The zero-order chi connectivity index (χ0) is 10.8. The molecular weight excluding hydrogens is 194 g/mol. The highest BCUT2D eigenvalue weighted by Gasteiger charge is 1.99. The van der Waals surface area contributed by atoms with Crippen LogP contribution in [-0.4, -0.2) is 4.98 Å². The Balaban J connectivity index is 2.19. The van der Waals surface area contributed by atoms with Gasteiger partial charge < -0.3 is 0 Å². The molecule has 1 heterocycles. The first-order chi connectivity index (χ1) is 7.93. The van der Waals surface area contributed by atoms with E-state index >= 15 is 0 Å². The summed E-state index contributed by atoms with van der Waals surface area (Å²) in [5.41, 5.74) is 3.09. The van der Waals surface area contributed by atoms with Gasteiger partial charge in [0, 0.05) is 10.9 Å². The first-order valence-corrected chi connectivity index (χ1v) is 5.26. The number of benzene rings is 2. The molecule has 0 aliphatic heterocycles. The Labute approximate surface area is 94.4 Å². The Morgan fingerprint density at radius 3 is 2.44 bits per heavy atom. The molecule has 0 unspecified atom stereocenters. The van der Waals surface area contributed by atoms with Crippen LogP contribution in [0.15, 0.2) is 60.7 Å². The standard InChI is InChI=1S/C15H10N/c1-2-6-12(7-3-1)15-11-10-13-8-4-5-9-14(13)16-15/h1-9,11H. The Morgan fingerprint density at radius 1 is 0.812 bits per heavy atom. The highest BCUT2D eigenvalue weighted by Crippen LogP contribution is 2.19. The molecule has 0 atom stereocenters. The molecule has 1 nitrogen and oxygen atoms in total. The molecule has 1 radical (unpaired) electrons. The minimum absolute atomic E-state index is 0.972. The van der Waals surface area contributed by atoms with Crippen molar-refractivity contribution in [1.82, 2.24) is 4.98 Å². The van der Waals surface area contributed by atoms with E-state index in [1.807, 2.05) is 48.5 Å². The maximum atomic E-state index is 4.61. The van der Waals surface area contributed by atoms with Gasteiger partial charge in [0.25, 0.3) is 0 Å². The van der Waals surface area contributed by atoms with Crippen LogP contribution in [-0.2, 0) is 0 Å². The van der Waals surface area contributed by atoms with Gasteiger partial charge in [-0.05, 0) is 18.2 Å². The predicted octanol–water partition coefficient (Wildman–Crippen LogP) is 3.70. The molecule has 0 saturated heterocycles. The summed E-state index contributed by atoms with van der Waals surface area (Å²) >= 11 is 0. The van der Waals surface area contributed by atoms with Crippen molar-refractivity contribution >= 4 is 10.9 Å². The van der Waals surface area contributed by atoms with Crippen molar-refractivity contribution in [3.63, 3.8) is 0 Å². The van der Waals surface area contributed by atoms with Crippen LogP contribution >= 0.6 is 0 Å². The van der Waals surface area contributed by atoms with Crippen LogP contribution in [0.4, 0.5) is 0 Å². The lowest BCUT2D eigenvalue weighted by Gasteiger charge is -2.02. The van der Waals surface area contributed by atoms with Crippen molar-refractivity contribution < 1.29 is 0 Å². The number of para-hydroxylation sites is 1. The number of hydrogen-bond donors (Lipinski definition) is 0. The van der Waals surface area contributed by atoms with Gasteiger partial charge in [0.1, 0.15) is 0 Å². The van der Waals surface area contributed by atoms with Crippen molar-refractivity contribution in [3.8, 4) is 11.3 Å². The fourth-order valence-corrected chi connectivity index (χ4v) is 1.76. The van der Waals surface area contributed by atoms with E-state index in [1.54, 1.807) is 0 Å². The molecule has 0 aliphatic carbocycles. The smallest absolute Gasteiger partial charge is 0.0715 e. The highest BCUT2D eigenvalue weighted by atomic mass is 14.7. The monoisotopic (exact) mass is 204 g/mol. The third-order valence-corrected chi connectivity index (χ3v) is 2.58. The second kappa shape index (κ2) is 3.78. The molecule has 3 aromatic rings. The van der Waals surface area contributed by atoms with Crippen LogP contribution in [0.5, 0.6) is 0 Å². The maximum Gasteiger partial charge on any atom is 0.0715 e. The van der Waals surface area contributed by atoms with Crippen molar-refractivity contribution in [2.75, 3.05) is 0 Å². The maximum absolute atomic E-state index is 4.61. The lowest BCUT2D eigenvalue weighted by Crippen LogP contribution is -1.84. The van der Waals surface area contributed by atoms with E-state index in [9.17, 15) is 0 Å². The van der Waals surface area contributed by atoms with E-state index < -0.39 is 0 Å². The van der Waals surface area contributed by atoms with Crippen molar-refractivity contribution in [3.05, 3.63) is 66.7 Å². The Hall–Kier alpha value is -2.15. The van der Waals surface area contributed by atoms with Gasteiger partial charge >= 0.3 is 0 Å². The second-order valence-corrected chi connectivity index (χ2v) is 3.67. The number of fused-ring (bicyclic) bond motifs is 1. The molecular formula is C15H10N. The van der Waals surface area contributed by atoms with Crippen LogP contribution in [0, 0.1) is 6.07 Å².